The number of nitrogens with one attached hydrogen (secondary N) is 1. The van der Waals surface area contributed by atoms with Crippen LogP contribution in [0.4, 0.5) is 5.95 Å². The van der Waals surface area contributed by atoms with Crippen LogP contribution in [0.1, 0.15) is 5.56 Å². The van der Waals surface area contributed by atoms with Crippen molar-refractivity contribution in [1.29, 1.82) is 0 Å². The molecule has 2 heterocycles. The number of nitrogens with zero attached hydrogens (tertiary/aromatic N) is 3. The quantitative estimate of drug-likeness (QED) is 0.804. The lowest BCUT2D eigenvalue weighted by atomic mass is 10.1. The Morgan fingerprint density at radius 1 is 1.25 bits per heavy atom. The highest BCUT2D eigenvalue weighted by Crippen LogP contribution is 2.26. The van der Waals surface area contributed by atoms with Gasteiger partial charge in [-0.05, 0) is 6.92 Å². The van der Waals surface area contributed by atoms with Crippen molar-refractivity contribution >= 4 is 32.3 Å². The standard InChI is InChI=1S/C12H12N4O2S2/c1-8-3-5-9(6-4-8)10-7-19-12-13-11(14-16(10)12)15-20(2,17)18/h3-7H,1-2H3,(H,14,15). The lowest BCUT2D eigenvalue weighted by molar-refractivity contribution is 0.606. The fourth-order valence-electron chi connectivity index (χ4n) is 1.81. The number of hydrogen-bond acceptors (Lipinski definition) is 5. The number of fused-ring (bicyclic) bond motifs is 1. The molecule has 2 aromatic heterocycles. The summed E-state index contributed by atoms with van der Waals surface area (Å²) < 4.78 is 26.3. The van der Waals surface area contributed by atoms with Gasteiger partial charge in [0.2, 0.25) is 15.0 Å². The highest BCUT2D eigenvalue weighted by molar-refractivity contribution is 7.91. The molecule has 0 bridgehead atoms. The van der Waals surface area contributed by atoms with E-state index in [0.29, 0.717) is 4.96 Å². The summed E-state index contributed by atoms with van der Waals surface area (Å²) in [4.78, 5) is 4.79. The topological polar surface area (TPSA) is 76.4 Å². The zero-order chi connectivity index (χ0) is 14.3. The van der Waals surface area contributed by atoms with Gasteiger partial charge in [0.05, 0.1) is 11.9 Å². The smallest absolute Gasteiger partial charge is 0.250 e. The molecule has 1 aromatic carbocycles. The molecular formula is C12H12N4O2S2. The summed E-state index contributed by atoms with van der Waals surface area (Å²) >= 11 is 1.41. The van der Waals surface area contributed by atoms with Crippen LogP contribution in [0.5, 0.6) is 0 Å². The van der Waals surface area contributed by atoms with Crippen molar-refractivity contribution < 1.29 is 8.42 Å². The maximum atomic E-state index is 11.2. The van der Waals surface area contributed by atoms with E-state index in [-0.39, 0.29) is 5.95 Å². The molecule has 6 nitrogen and oxygen atoms in total. The Balaban J connectivity index is 2.06. The zero-order valence-corrected chi connectivity index (χ0v) is 12.5. The molecule has 8 heteroatoms. The Morgan fingerprint density at radius 3 is 2.60 bits per heavy atom. The molecule has 0 unspecified atom stereocenters. The second kappa shape index (κ2) is 4.57. The summed E-state index contributed by atoms with van der Waals surface area (Å²) in [7, 11) is -3.37. The summed E-state index contributed by atoms with van der Waals surface area (Å²) in [6, 6.07) is 8.04. The SMILES string of the molecule is Cc1ccc(-c2csc3nc(NS(C)(=O)=O)nn23)cc1. The van der Waals surface area contributed by atoms with Crippen molar-refractivity contribution in [2.24, 2.45) is 0 Å². The van der Waals surface area contributed by atoms with Crippen molar-refractivity contribution in [3.8, 4) is 11.3 Å². The van der Waals surface area contributed by atoms with E-state index in [0.717, 1.165) is 17.5 Å². The zero-order valence-electron chi connectivity index (χ0n) is 10.9. The van der Waals surface area contributed by atoms with Gasteiger partial charge in [-0.15, -0.1) is 16.4 Å². The Bertz CT molecular complexity index is 863. The third-order valence-electron chi connectivity index (χ3n) is 2.71. The molecule has 0 amide bonds. The van der Waals surface area contributed by atoms with Gasteiger partial charge in [0, 0.05) is 10.9 Å². The molecule has 1 N–H and O–H groups in total. The first kappa shape index (κ1) is 13.1. The Kier molecular flexibility index (Phi) is 2.98. The van der Waals surface area contributed by atoms with E-state index in [4.69, 9.17) is 0 Å². The van der Waals surface area contributed by atoms with Crippen molar-refractivity contribution in [2.75, 3.05) is 11.0 Å². The normalized spacial score (nSPS) is 11.9. The van der Waals surface area contributed by atoms with Crippen LogP contribution in [0.15, 0.2) is 29.6 Å². The first-order valence-corrected chi connectivity index (χ1v) is 8.58. The van der Waals surface area contributed by atoms with E-state index < -0.39 is 10.0 Å². The molecule has 0 saturated heterocycles. The van der Waals surface area contributed by atoms with Gasteiger partial charge in [-0.1, -0.05) is 29.8 Å². The van der Waals surface area contributed by atoms with Gasteiger partial charge < -0.3 is 0 Å². The van der Waals surface area contributed by atoms with Crippen LogP contribution < -0.4 is 4.72 Å². The minimum absolute atomic E-state index is 0.0905. The molecule has 0 aliphatic heterocycles. The highest BCUT2D eigenvalue weighted by Gasteiger charge is 2.13. The summed E-state index contributed by atoms with van der Waals surface area (Å²) in [5.41, 5.74) is 3.08. The second-order valence-electron chi connectivity index (χ2n) is 4.49. The molecule has 3 aromatic rings. The van der Waals surface area contributed by atoms with Crippen LogP contribution in [0, 0.1) is 6.92 Å². The molecule has 3 rings (SSSR count). The second-order valence-corrected chi connectivity index (χ2v) is 7.08. The summed E-state index contributed by atoms with van der Waals surface area (Å²) in [6.45, 7) is 2.02. The van der Waals surface area contributed by atoms with Crippen molar-refractivity contribution in [3.05, 3.63) is 35.2 Å². The fraction of sp³-hybridized carbons (Fsp3) is 0.167. The number of sulfonamides is 1. The maximum absolute atomic E-state index is 11.2. The van der Waals surface area contributed by atoms with Crippen LogP contribution in [0.2, 0.25) is 0 Å². The van der Waals surface area contributed by atoms with E-state index >= 15 is 0 Å². The number of aromatic nitrogens is 3. The van der Waals surface area contributed by atoms with Gasteiger partial charge in [0.25, 0.3) is 5.95 Å². The molecular weight excluding hydrogens is 296 g/mol. The lowest BCUT2D eigenvalue weighted by Crippen LogP contribution is -2.10. The molecule has 0 spiro atoms. The van der Waals surface area contributed by atoms with Crippen LogP contribution >= 0.6 is 11.3 Å². The number of hydrogen-bond donors (Lipinski definition) is 1. The number of thiazole rings is 1. The number of anilines is 1. The van der Waals surface area contributed by atoms with E-state index in [1.54, 1.807) is 4.52 Å². The van der Waals surface area contributed by atoms with Crippen LogP contribution in [-0.2, 0) is 10.0 Å². The van der Waals surface area contributed by atoms with Gasteiger partial charge in [-0.25, -0.2) is 12.9 Å². The molecule has 0 aliphatic carbocycles. The maximum Gasteiger partial charge on any atom is 0.257 e. The molecule has 0 aliphatic rings. The minimum Gasteiger partial charge on any atom is -0.250 e. The number of benzene rings is 1. The van der Waals surface area contributed by atoms with Crippen LogP contribution in [0.25, 0.3) is 16.2 Å². The van der Waals surface area contributed by atoms with E-state index in [1.165, 1.54) is 16.9 Å². The predicted molar refractivity (Wildman–Crippen MR) is 79.5 cm³/mol. The molecule has 0 saturated carbocycles. The monoisotopic (exact) mass is 308 g/mol. The Labute approximate surface area is 120 Å². The van der Waals surface area contributed by atoms with E-state index in [9.17, 15) is 8.42 Å². The van der Waals surface area contributed by atoms with E-state index in [2.05, 4.69) is 14.8 Å². The Hall–Kier alpha value is -1.93. The van der Waals surface area contributed by atoms with Crippen molar-refractivity contribution in [1.82, 2.24) is 14.6 Å². The van der Waals surface area contributed by atoms with E-state index in [1.807, 2.05) is 36.6 Å². The molecule has 104 valence electrons. The fourth-order valence-corrected chi connectivity index (χ4v) is 3.06. The Morgan fingerprint density at radius 2 is 1.95 bits per heavy atom. The average Bonchev–Trinajstić information content (AvgIpc) is 2.87. The van der Waals surface area contributed by atoms with Crippen LogP contribution in [0.3, 0.4) is 0 Å². The lowest BCUT2D eigenvalue weighted by Gasteiger charge is -1.99. The minimum atomic E-state index is -3.37. The number of rotatable bonds is 3. The van der Waals surface area contributed by atoms with Gasteiger partial charge >= 0.3 is 0 Å². The van der Waals surface area contributed by atoms with Gasteiger partial charge in [0.15, 0.2) is 0 Å². The van der Waals surface area contributed by atoms with Gasteiger partial charge in [-0.2, -0.15) is 4.98 Å². The molecule has 0 fully saturated rings. The summed E-state index contributed by atoms with van der Waals surface area (Å²) in [6.07, 6.45) is 1.07. The van der Waals surface area contributed by atoms with Crippen molar-refractivity contribution in [3.63, 3.8) is 0 Å². The van der Waals surface area contributed by atoms with Crippen molar-refractivity contribution in [2.45, 2.75) is 6.92 Å². The molecule has 0 radical (unpaired) electrons. The third kappa shape index (κ3) is 2.52. The molecule has 20 heavy (non-hydrogen) atoms. The largest absolute Gasteiger partial charge is 0.257 e. The summed E-state index contributed by atoms with van der Waals surface area (Å²) in [5, 5.41) is 6.13. The summed E-state index contributed by atoms with van der Waals surface area (Å²) in [5.74, 6) is 0.0905. The predicted octanol–water partition coefficient (Wildman–Crippen LogP) is 2.14. The highest BCUT2D eigenvalue weighted by atomic mass is 32.2. The third-order valence-corrected chi connectivity index (χ3v) is 4.08. The van der Waals surface area contributed by atoms with Gasteiger partial charge in [-0.3, -0.25) is 4.72 Å². The van der Waals surface area contributed by atoms with Crippen LogP contribution in [-0.4, -0.2) is 29.3 Å². The number of aryl methyl sites for hydroxylation is 1. The first-order valence-electron chi connectivity index (χ1n) is 5.81. The molecule has 0 atom stereocenters. The first-order chi connectivity index (χ1) is 9.42. The van der Waals surface area contributed by atoms with Gasteiger partial charge in [0.1, 0.15) is 0 Å². The average molecular weight is 308 g/mol.